The highest BCUT2D eigenvalue weighted by molar-refractivity contribution is 6.00. The number of nitrogens with zero attached hydrogens (tertiary/aromatic N) is 3. The fourth-order valence-electron chi connectivity index (χ4n) is 1.62. The van der Waals surface area contributed by atoms with Gasteiger partial charge in [-0.1, -0.05) is 0 Å². The summed E-state index contributed by atoms with van der Waals surface area (Å²) in [7, 11) is 0. The molecule has 128 valence electrons. The summed E-state index contributed by atoms with van der Waals surface area (Å²) in [4.78, 5) is 7.16. The van der Waals surface area contributed by atoms with Crippen molar-refractivity contribution in [3.05, 3.63) is 0 Å². The van der Waals surface area contributed by atoms with Crippen molar-refractivity contribution in [2.75, 3.05) is 19.7 Å². The number of alkyl halides is 6. The summed E-state index contributed by atoms with van der Waals surface area (Å²) in [6, 6.07) is 0. The molecule has 1 heterocycles. The van der Waals surface area contributed by atoms with Gasteiger partial charge in [-0.3, -0.25) is 5.01 Å². The molecule has 1 rings (SSSR count). The highest BCUT2D eigenvalue weighted by Gasteiger charge is 2.34. The number of aliphatic hydroxyl groups excluding tert-OH is 1. The number of nitrogens with one attached hydrogen (secondary N) is 2. The minimum absolute atomic E-state index is 0.0745. The second-order valence-electron chi connectivity index (χ2n) is 4.41. The third-order valence-electron chi connectivity index (χ3n) is 2.41. The molecule has 1 atom stereocenters. The normalized spacial score (nSPS) is 21.8. The van der Waals surface area contributed by atoms with Gasteiger partial charge in [0, 0.05) is 13.0 Å². The van der Waals surface area contributed by atoms with Gasteiger partial charge in [0.2, 0.25) is 5.96 Å². The number of amidine groups is 1. The Labute approximate surface area is 121 Å². The van der Waals surface area contributed by atoms with Crippen molar-refractivity contribution in [3.63, 3.8) is 0 Å². The zero-order valence-electron chi connectivity index (χ0n) is 11.5. The predicted octanol–water partition coefficient (Wildman–Crippen LogP) is 1.00. The van der Waals surface area contributed by atoms with E-state index in [1.807, 2.05) is 5.43 Å². The fourth-order valence-corrected chi connectivity index (χ4v) is 1.62. The molecule has 0 saturated heterocycles. The number of halogens is 6. The third kappa shape index (κ3) is 6.47. The molecular formula is C10H15F6N5O. The number of rotatable bonds is 5. The Kier molecular flexibility index (Phi) is 6.00. The molecule has 22 heavy (non-hydrogen) atoms. The lowest BCUT2D eigenvalue weighted by atomic mass is 10.3. The van der Waals surface area contributed by atoms with Crippen LogP contribution < -0.4 is 10.7 Å². The first-order valence-corrected chi connectivity index (χ1v) is 6.15. The first-order valence-electron chi connectivity index (χ1n) is 6.15. The average Bonchev–Trinajstić information content (AvgIpc) is 2.33. The Balaban J connectivity index is 2.96. The van der Waals surface area contributed by atoms with Gasteiger partial charge < -0.3 is 10.4 Å². The summed E-state index contributed by atoms with van der Waals surface area (Å²) in [6.45, 7) is -2.01. The van der Waals surface area contributed by atoms with Crippen LogP contribution >= 0.6 is 0 Å². The Morgan fingerprint density at radius 1 is 1.27 bits per heavy atom. The Morgan fingerprint density at radius 2 is 1.91 bits per heavy atom. The Hall–Kier alpha value is -1.56. The lowest BCUT2D eigenvalue weighted by Gasteiger charge is -2.36. The van der Waals surface area contributed by atoms with Gasteiger partial charge in [-0.15, -0.1) is 0 Å². The van der Waals surface area contributed by atoms with Crippen LogP contribution in [0.15, 0.2) is 9.98 Å². The Morgan fingerprint density at radius 3 is 2.41 bits per heavy atom. The number of hydrogen-bond donors (Lipinski definition) is 3. The van der Waals surface area contributed by atoms with E-state index in [9.17, 15) is 26.3 Å². The van der Waals surface area contributed by atoms with Gasteiger partial charge in [0.15, 0.2) is 0 Å². The van der Waals surface area contributed by atoms with E-state index in [4.69, 9.17) is 5.11 Å². The number of guanidine groups is 1. The molecule has 1 aliphatic heterocycles. The van der Waals surface area contributed by atoms with E-state index >= 15 is 0 Å². The molecule has 0 amide bonds. The van der Waals surface area contributed by atoms with E-state index in [-0.39, 0.29) is 12.3 Å². The van der Waals surface area contributed by atoms with Crippen LogP contribution in [0.25, 0.3) is 0 Å². The molecule has 1 aliphatic rings. The van der Waals surface area contributed by atoms with Gasteiger partial charge >= 0.3 is 12.4 Å². The van der Waals surface area contributed by atoms with Crippen LogP contribution in [0.1, 0.15) is 13.3 Å². The molecule has 0 aromatic heterocycles. The van der Waals surface area contributed by atoms with Crippen molar-refractivity contribution in [1.82, 2.24) is 15.8 Å². The van der Waals surface area contributed by atoms with E-state index in [1.165, 1.54) is 6.92 Å². The molecule has 0 spiro atoms. The summed E-state index contributed by atoms with van der Waals surface area (Å²) >= 11 is 0. The van der Waals surface area contributed by atoms with Crippen LogP contribution in [0.2, 0.25) is 0 Å². The van der Waals surface area contributed by atoms with Crippen LogP contribution in [0.5, 0.6) is 0 Å². The third-order valence-corrected chi connectivity index (χ3v) is 2.41. The van der Waals surface area contributed by atoms with Crippen molar-refractivity contribution in [2.45, 2.75) is 31.9 Å². The van der Waals surface area contributed by atoms with Crippen molar-refractivity contribution >= 4 is 11.8 Å². The lowest BCUT2D eigenvalue weighted by molar-refractivity contribution is -0.133. The molecule has 1 unspecified atom stereocenters. The van der Waals surface area contributed by atoms with Gasteiger partial charge in [-0.25, -0.2) is 15.4 Å². The van der Waals surface area contributed by atoms with E-state index in [0.29, 0.717) is 0 Å². The predicted molar refractivity (Wildman–Crippen MR) is 66.0 cm³/mol. The summed E-state index contributed by atoms with van der Waals surface area (Å²) < 4.78 is 73.6. The van der Waals surface area contributed by atoms with Crippen LogP contribution in [0.3, 0.4) is 0 Å². The molecular weight excluding hydrogens is 320 g/mol. The van der Waals surface area contributed by atoms with Gasteiger partial charge in [0.25, 0.3) is 0 Å². The van der Waals surface area contributed by atoms with Crippen LogP contribution in [0, 0.1) is 0 Å². The monoisotopic (exact) mass is 335 g/mol. The molecule has 0 fully saturated rings. The lowest BCUT2D eigenvalue weighted by Crippen LogP contribution is -2.60. The van der Waals surface area contributed by atoms with Gasteiger partial charge in [-0.2, -0.15) is 26.3 Å². The minimum Gasteiger partial charge on any atom is -0.396 e. The zero-order valence-corrected chi connectivity index (χ0v) is 11.5. The molecule has 0 aliphatic carbocycles. The minimum atomic E-state index is -4.60. The maximum Gasteiger partial charge on any atom is 0.408 e. The molecule has 6 nitrogen and oxygen atoms in total. The molecule has 0 aromatic rings. The fraction of sp³-hybridized carbons (Fsp3) is 0.800. The van der Waals surface area contributed by atoms with E-state index in [0.717, 1.165) is 5.01 Å². The number of aliphatic imine (C=N–C) groups is 2. The van der Waals surface area contributed by atoms with Crippen molar-refractivity contribution in [1.29, 1.82) is 0 Å². The summed E-state index contributed by atoms with van der Waals surface area (Å²) in [5.74, 6) is -0.253. The smallest absolute Gasteiger partial charge is 0.396 e. The van der Waals surface area contributed by atoms with E-state index in [2.05, 4.69) is 15.3 Å². The summed E-state index contributed by atoms with van der Waals surface area (Å²) in [5.41, 5.74) is 1.93. The molecule has 0 aromatic carbocycles. The first-order chi connectivity index (χ1) is 10.0. The topological polar surface area (TPSA) is 72.2 Å². The van der Waals surface area contributed by atoms with Gasteiger partial charge in [-0.05, 0) is 6.92 Å². The summed E-state index contributed by atoms with van der Waals surface area (Å²) in [5, 5.41) is 12.0. The van der Waals surface area contributed by atoms with Crippen LogP contribution in [-0.2, 0) is 0 Å². The van der Waals surface area contributed by atoms with Gasteiger partial charge in [0.05, 0.1) is 0 Å². The second-order valence-corrected chi connectivity index (χ2v) is 4.41. The van der Waals surface area contributed by atoms with Crippen LogP contribution in [0.4, 0.5) is 26.3 Å². The van der Waals surface area contributed by atoms with Crippen LogP contribution in [-0.4, -0.2) is 60.1 Å². The maximum absolute atomic E-state index is 12.3. The number of hydrazine groups is 1. The molecule has 0 saturated carbocycles. The molecule has 0 radical (unpaired) electrons. The van der Waals surface area contributed by atoms with Crippen molar-refractivity contribution < 1.29 is 31.4 Å². The average molecular weight is 335 g/mol. The second kappa shape index (κ2) is 7.13. The summed E-state index contributed by atoms with van der Waals surface area (Å²) in [6.07, 6.45) is -10.2. The Bertz CT molecular complexity index is 433. The van der Waals surface area contributed by atoms with Gasteiger partial charge in [0.1, 0.15) is 25.1 Å². The van der Waals surface area contributed by atoms with E-state index < -0.39 is 44.2 Å². The first kappa shape index (κ1) is 18.5. The molecule has 12 heteroatoms. The highest BCUT2D eigenvalue weighted by Crippen LogP contribution is 2.17. The van der Waals surface area contributed by atoms with Crippen molar-refractivity contribution in [3.8, 4) is 0 Å². The van der Waals surface area contributed by atoms with E-state index in [1.54, 1.807) is 0 Å². The molecule has 0 bridgehead atoms. The number of aliphatic hydroxyl groups is 1. The molecule has 3 N–H and O–H groups in total. The standard InChI is InChI=1S/C10H15F6N5O/c1-6-19-7(2-3-22)21(18-5-10(14,15)16)8(20-6)17-4-9(11,12)13/h7,18,22H,2-5H2,1H3,(H,17,19,20). The SMILES string of the molecule is CC1=NC(CCO)N(NCC(F)(F)F)C(=NCC(F)(F)F)N1. The zero-order chi connectivity index (χ0) is 17.0. The van der Waals surface area contributed by atoms with Crippen molar-refractivity contribution in [2.24, 2.45) is 9.98 Å². The quantitative estimate of drug-likeness (QED) is 0.656. The maximum atomic E-state index is 12.3. The largest absolute Gasteiger partial charge is 0.408 e. The number of hydrogen-bond acceptors (Lipinski definition) is 4. The highest BCUT2D eigenvalue weighted by atomic mass is 19.4.